The van der Waals surface area contributed by atoms with Crippen molar-refractivity contribution >= 4 is 27.5 Å². The van der Waals surface area contributed by atoms with E-state index in [1.54, 1.807) is 6.92 Å². The standard InChI is InChI=1S/C59H100N2O31P2/c1-28(2)14-10-15-29(3)16-11-17-30(4)18-12-19-31(5)20-13-21-32(6)22-23-81-93(77,78)92-94(79,80)91-56-41(61-35(9)67)52(45(71)38(26-64)84-56)87-55-40(60-34(8)66)51(44(70)37(25-63)83-55)88-59-54(90-57-49(75)47(73)42(68)33(7)82-57)53(46(72)39(27-65)86-59)89-58-50(76)48(74)43(69)36(24-62)85-58/h14,16,18,20,22,33,36-59,62-65,68-76H,10-13,15,17,19,21,23-27H2,1-9H3,(H,60,66)(H,61,67)(H,77,78)(H,79,80)/p-2/b29-16+,30-18+,31-20-,32-22-/t33-,36+,37+,38+,39+,40+,41+,42+,43-,44-,45-,46-,47+,48-,49-,50+,51+,52+,53-,54+,55+,56+,57-,58+,59-/m0/s1. The van der Waals surface area contributed by atoms with Crippen LogP contribution in [-0.2, 0) is 74.7 Å². The van der Waals surface area contributed by atoms with Gasteiger partial charge in [-0.05, 0) is 99.8 Å². The van der Waals surface area contributed by atoms with Crippen molar-refractivity contribution in [3.63, 3.8) is 0 Å². The highest BCUT2D eigenvalue weighted by molar-refractivity contribution is 7.59. The van der Waals surface area contributed by atoms with Crippen LogP contribution >= 0.6 is 15.6 Å². The van der Waals surface area contributed by atoms with Crippen LogP contribution in [0.3, 0.4) is 0 Å². The summed E-state index contributed by atoms with van der Waals surface area (Å²) in [5, 5.41) is 146. The lowest BCUT2D eigenvalue weighted by molar-refractivity contribution is -0.402. The number of carbonyl (C=O) groups is 2. The summed E-state index contributed by atoms with van der Waals surface area (Å²) in [5.41, 5.74) is 5.84. The summed E-state index contributed by atoms with van der Waals surface area (Å²) in [6, 6.07) is -4.06. The van der Waals surface area contributed by atoms with E-state index in [0.29, 0.717) is 18.4 Å². The number of allylic oxidation sites excluding steroid dienone is 9. The van der Waals surface area contributed by atoms with Gasteiger partial charge < -0.3 is 134 Å². The molecule has 542 valence electrons. The van der Waals surface area contributed by atoms with Crippen LogP contribution < -0.4 is 20.4 Å². The molecule has 35 heteroatoms. The molecule has 0 spiro atoms. The van der Waals surface area contributed by atoms with Gasteiger partial charge in [-0.15, -0.1) is 0 Å². The third-order valence-corrected chi connectivity index (χ3v) is 18.9. The number of nitrogens with one attached hydrogen (secondary N) is 2. The number of carbonyl (C=O) groups excluding carboxylic acids is 2. The van der Waals surface area contributed by atoms with Crippen molar-refractivity contribution in [1.82, 2.24) is 10.6 Å². The Bertz CT molecular complexity index is 2650. The van der Waals surface area contributed by atoms with Crippen molar-refractivity contribution in [3.05, 3.63) is 58.2 Å². The van der Waals surface area contributed by atoms with Crippen LogP contribution in [0.1, 0.15) is 114 Å². The minimum atomic E-state index is -6.21. The average Bonchev–Trinajstić information content (AvgIpc) is 0.766. The van der Waals surface area contributed by atoms with E-state index in [1.165, 1.54) is 29.7 Å². The Balaban J connectivity index is 1.35. The number of aliphatic hydroxyl groups is 13. The van der Waals surface area contributed by atoms with Gasteiger partial charge in [-0.2, -0.15) is 0 Å². The third kappa shape index (κ3) is 23.6. The van der Waals surface area contributed by atoms with E-state index in [-0.39, 0.29) is 0 Å². The molecule has 94 heavy (non-hydrogen) atoms. The smallest absolute Gasteiger partial charge is 0.276 e. The second-order valence-electron chi connectivity index (χ2n) is 24.4. The summed E-state index contributed by atoms with van der Waals surface area (Å²) in [5.74, 6) is -1.97. The molecule has 2 unspecified atom stereocenters. The van der Waals surface area contributed by atoms with Gasteiger partial charge in [0.1, 0.15) is 116 Å². The maximum Gasteiger partial charge on any atom is 0.276 e. The topological polar surface area (TPSA) is 512 Å². The molecule has 33 nitrogen and oxygen atoms in total. The Kier molecular flexibility index (Phi) is 33.0. The molecule has 2 amide bonds. The maximum atomic E-state index is 13.5. The van der Waals surface area contributed by atoms with Crippen molar-refractivity contribution in [2.24, 2.45) is 0 Å². The first kappa shape index (κ1) is 81.7. The van der Waals surface area contributed by atoms with Gasteiger partial charge in [0, 0.05) is 13.8 Å². The summed E-state index contributed by atoms with van der Waals surface area (Å²) in [6.45, 7) is 10.3. The first-order valence-corrected chi connectivity index (χ1v) is 34.0. The maximum absolute atomic E-state index is 13.5. The molecule has 0 aromatic heterocycles. The second kappa shape index (κ2) is 38.0. The molecule has 0 aliphatic carbocycles. The summed E-state index contributed by atoms with van der Waals surface area (Å²) in [7, 11) is -12.0. The van der Waals surface area contributed by atoms with Gasteiger partial charge in [-0.1, -0.05) is 58.2 Å². The van der Waals surface area contributed by atoms with E-state index in [0.717, 1.165) is 57.9 Å². The van der Waals surface area contributed by atoms with E-state index < -0.39 is 214 Å². The Morgan fingerprint density at radius 1 is 0.426 bits per heavy atom. The van der Waals surface area contributed by atoms with E-state index in [4.69, 9.17) is 51.7 Å². The highest BCUT2D eigenvalue weighted by atomic mass is 31.3. The van der Waals surface area contributed by atoms with Gasteiger partial charge in [-0.3, -0.25) is 23.2 Å². The summed E-state index contributed by atoms with van der Waals surface area (Å²) in [6.07, 6.45) is -29.3. The number of rotatable bonds is 33. The Hall–Kier alpha value is -2.98. The number of hydrogen-bond acceptors (Lipinski definition) is 31. The van der Waals surface area contributed by atoms with Crippen molar-refractivity contribution in [3.8, 4) is 0 Å². The van der Waals surface area contributed by atoms with Gasteiger partial charge in [0.2, 0.25) is 11.8 Å². The predicted molar refractivity (Wildman–Crippen MR) is 321 cm³/mol. The van der Waals surface area contributed by atoms with E-state index in [2.05, 4.69) is 66.9 Å². The van der Waals surface area contributed by atoms with Crippen LogP contribution in [-0.4, -0.2) is 265 Å². The number of hydrogen-bond donors (Lipinski definition) is 15. The van der Waals surface area contributed by atoms with E-state index >= 15 is 0 Å². The van der Waals surface area contributed by atoms with Crippen LogP contribution in [0.2, 0.25) is 0 Å². The Morgan fingerprint density at radius 2 is 0.787 bits per heavy atom. The van der Waals surface area contributed by atoms with Crippen LogP contribution in [0, 0.1) is 0 Å². The zero-order valence-electron chi connectivity index (χ0n) is 54.1. The molecule has 15 N–H and O–H groups in total. The van der Waals surface area contributed by atoms with E-state index in [9.17, 15) is 94.9 Å². The number of phosphoric ester groups is 2. The van der Waals surface area contributed by atoms with E-state index in [1.807, 2.05) is 6.92 Å². The quantitative estimate of drug-likeness (QED) is 0.0234. The number of amides is 2. The third-order valence-electron chi connectivity index (χ3n) is 16.4. The lowest BCUT2D eigenvalue weighted by Gasteiger charge is -2.52. The zero-order valence-corrected chi connectivity index (χ0v) is 55.9. The molecule has 5 aliphatic rings. The van der Waals surface area contributed by atoms with Crippen molar-refractivity contribution in [2.75, 3.05) is 33.0 Å². The normalized spacial score (nSPS) is 38.5. The molecule has 0 radical (unpaired) electrons. The molecule has 0 saturated carbocycles. The molecule has 5 fully saturated rings. The molecule has 0 bridgehead atoms. The highest BCUT2D eigenvalue weighted by Gasteiger charge is 2.58. The van der Waals surface area contributed by atoms with Crippen molar-refractivity contribution in [2.45, 2.75) is 267 Å². The van der Waals surface area contributed by atoms with Crippen molar-refractivity contribution in [1.29, 1.82) is 0 Å². The largest absolute Gasteiger partial charge is 0.756 e. The van der Waals surface area contributed by atoms with Gasteiger partial charge in [0.05, 0.1) is 39.1 Å². The fourth-order valence-electron chi connectivity index (χ4n) is 11.0. The Morgan fingerprint density at radius 3 is 1.26 bits per heavy atom. The molecule has 0 aromatic rings. The molecule has 5 saturated heterocycles. The van der Waals surface area contributed by atoms with Crippen LogP contribution in [0.25, 0.3) is 0 Å². The summed E-state index contributed by atoms with van der Waals surface area (Å²) < 4.78 is 93.8. The fraction of sp³-hybridized carbons (Fsp3) is 0.797. The highest BCUT2D eigenvalue weighted by Crippen LogP contribution is 2.57. The van der Waals surface area contributed by atoms with Gasteiger partial charge in [0.25, 0.3) is 15.6 Å². The van der Waals surface area contributed by atoms with Gasteiger partial charge >= 0.3 is 0 Å². The molecule has 5 aliphatic heterocycles. The lowest BCUT2D eigenvalue weighted by atomic mass is 9.93. The summed E-state index contributed by atoms with van der Waals surface area (Å²) in [4.78, 5) is 52.6. The Labute approximate surface area is 545 Å². The monoisotopic (exact) mass is 1390 g/mol. The molecule has 5 rings (SSSR count). The van der Waals surface area contributed by atoms with Crippen LogP contribution in [0.5, 0.6) is 0 Å². The predicted octanol–water partition coefficient (Wildman–Crippen LogP) is -2.74. The minimum Gasteiger partial charge on any atom is -0.756 e. The van der Waals surface area contributed by atoms with Crippen LogP contribution in [0.15, 0.2) is 58.2 Å². The molecule has 0 aromatic carbocycles. The second-order valence-corrected chi connectivity index (χ2v) is 27.3. The van der Waals surface area contributed by atoms with Crippen LogP contribution in [0.4, 0.5) is 0 Å². The molecule has 5 heterocycles. The number of ether oxygens (including phenoxy) is 9. The summed E-state index contributed by atoms with van der Waals surface area (Å²) >= 11 is 0. The molecular formula is C59H98N2O31P2-2. The number of aliphatic hydroxyl groups excluding tert-OH is 13. The zero-order chi connectivity index (χ0) is 70.1. The average molecular weight is 1390 g/mol. The lowest BCUT2D eigenvalue weighted by Crippen LogP contribution is -2.71. The van der Waals surface area contributed by atoms with Gasteiger partial charge in [0.15, 0.2) is 31.5 Å². The minimum absolute atomic E-state index is 0.493. The number of phosphoric acid groups is 2. The molecule has 27 atom stereocenters. The first-order valence-electron chi connectivity index (χ1n) is 31.1. The molecular weight excluding hydrogens is 1290 g/mol. The fourth-order valence-corrected chi connectivity index (χ4v) is 13.0. The van der Waals surface area contributed by atoms with Gasteiger partial charge in [-0.25, -0.2) is 4.31 Å². The SMILES string of the molecule is CC(=O)N[C@H]1[C@@H](OP(=O)([O-])OP(=O)([O-])OC/C=C(/C)CC/C=C(/C)CC/C=C(\C)CC/C=C(\C)CCC=C(C)C)O[C@H](CO)[C@H](O)[C@@H]1O[C@H]1O[C@H](CO)[C@H](O)[C@H](O[C@@H]2O[C@H](CO)[C@H](O)[C@H](O[C@H]3O[C@H](CO)[C@H](O)[C@H](O)[C@H]3O)[C@H]2O[C@@H]2O[C@@H](C)[C@@H](O)[C@@H](O)[C@@H]2O)[C@H]1NC(C)=O. The van der Waals surface area contributed by atoms with Crippen molar-refractivity contribution < 1.29 is 151 Å². The first-order chi connectivity index (χ1) is 44.2.